The van der Waals surface area contributed by atoms with Crippen molar-refractivity contribution in [3.63, 3.8) is 0 Å². The maximum atomic E-state index is 3.75. The van der Waals surface area contributed by atoms with E-state index in [-0.39, 0.29) is 0 Å². The Kier molecular flexibility index (Phi) is 4.87. The Morgan fingerprint density at radius 2 is 1.80 bits per heavy atom. The number of benzene rings is 1. The highest BCUT2D eigenvalue weighted by atomic mass is 15.2. The minimum atomic E-state index is 0.318. The summed E-state index contributed by atoms with van der Waals surface area (Å²) in [4.78, 5) is 2.60. The van der Waals surface area contributed by atoms with Crippen LogP contribution in [-0.2, 0) is 6.54 Å². The SMILES string of the molecule is Cc1cccc(CNC2CCN(C(C)(C)C)CC2)c1C. The average Bonchev–Trinajstić information content (AvgIpc) is 2.40. The zero-order valence-corrected chi connectivity index (χ0v) is 13.8. The van der Waals surface area contributed by atoms with E-state index in [0.717, 1.165) is 6.54 Å². The van der Waals surface area contributed by atoms with Gasteiger partial charge in [0.2, 0.25) is 0 Å². The molecule has 2 heteroatoms. The van der Waals surface area contributed by atoms with Crippen LogP contribution in [0.25, 0.3) is 0 Å². The van der Waals surface area contributed by atoms with E-state index in [0.29, 0.717) is 11.6 Å². The first-order valence-corrected chi connectivity index (χ1v) is 7.91. The summed E-state index contributed by atoms with van der Waals surface area (Å²) in [7, 11) is 0. The monoisotopic (exact) mass is 274 g/mol. The smallest absolute Gasteiger partial charge is 0.0210 e. The molecule has 1 aromatic rings. The Morgan fingerprint density at radius 1 is 1.15 bits per heavy atom. The maximum Gasteiger partial charge on any atom is 0.0210 e. The second-order valence-electron chi connectivity index (χ2n) is 7.17. The van der Waals surface area contributed by atoms with Crippen LogP contribution < -0.4 is 5.32 Å². The van der Waals surface area contributed by atoms with Crippen LogP contribution in [0, 0.1) is 13.8 Å². The third kappa shape index (κ3) is 3.83. The van der Waals surface area contributed by atoms with Crippen molar-refractivity contribution in [1.82, 2.24) is 10.2 Å². The molecule has 1 fully saturated rings. The zero-order valence-electron chi connectivity index (χ0n) is 13.8. The molecule has 0 saturated carbocycles. The highest BCUT2D eigenvalue weighted by molar-refractivity contribution is 5.32. The van der Waals surface area contributed by atoms with Crippen molar-refractivity contribution in [1.29, 1.82) is 0 Å². The molecule has 20 heavy (non-hydrogen) atoms. The van der Waals surface area contributed by atoms with Crippen molar-refractivity contribution in [3.8, 4) is 0 Å². The quantitative estimate of drug-likeness (QED) is 0.905. The largest absolute Gasteiger partial charge is 0.310 e. The summed E-state index contributed by atoms with van der Waals surface area (Å²) >= 11 is 0. The second kappa shape index (κ2) is 6.28. The Bertz CT molecular complexity index is 437. The van der Waals surface area contributed by atoms with E-state index in [4.69, 9.17) is 0 Å². The van der Waals surface area contributed by atoms with Crippen molar-refractivity contribution < 1.29 is 0 Å². The van der Waals surface area contributed by atoms with E-state index in [2.05, 4.69) is 63.0 Å². The van der Waals surface area contributed by atoms with E-state index in [1.165, 1.54) is 42.6 Å². The molecule has 1 heterocycles. The first-order chi connectivity index (χ1) is 9.38. The molecular weight excluding hydrogens is 244 g/mol. The number of hydrogen-bond donors (Lipinski definition) is 1. The van der Waals surface area contributed by atoms with Gasteiger partial charge in [0.15, 0.2) is 0 Å². The van der Waals surface area contributed by atoms with Gasteiger partial charge in [0, 0.05) is 31.2 Å². The van der Waals surface area contributed by atoms with Crippen LogP contribution in [0.4, 0.5) is 0 Å². The van der Waals surface area contributed by atoms with Crippen LogP contribution in [0.5, 0.6) is 0 Å². The molecule has 0 bridgehead atoms. The van der Waals surface area contributed by atoms with E-state index in [1.807, 2.05) is 0 Å². The standard InChI is InChI=1S/C18H30N2/c1-14-7-6-8-16(15(14)2)13-19-17-9-11-20(12-10-17)18(3,4)5/h6-8,17,19H,9-13H2,1-5H3. The van der Waals surface area contributed by atoms with E-state index < -0.39 is 0 Å². The molecule has 0 spiro atoms. The molecule has 0 aliphatic carbocycles. The van der Waals surface area contributed by atoms with Gasteiger partial charge in [-0.15, -0.1) is 0 Å². The highest BCUT2D eigenvalue weighted by Gasteiger charge is 2.26. The summed E-state index contributed by atoms with van der Waals surface area (Å²) in [5.74, 6) is 0. The van der Waals surface area contributed by atoms with Gasteiger partial charge in [-0.1, -0.05) is 18.2 Å². The molecule has 1 N–H and O–H groups in total. The van der Waals surface area contributed by atoms with Crippen LogP contribution in [0.1, 0.15) is 50.3 Å². The third-order valence-corrected chi connectivity index (χ3v) is 4.74. The van der Waals surface area contributed by atoms with Crippen LogP contribution in [-0.4, -0.2) is 29.6 Å². The summed E-state index contributed by atoms with van der Waals surface area (Å²) in [6.45, 7) is 14.8. The van der Waals surface area contributed by atoms with Crippen LogP contribution in [0.3, 0.4) is 0 Å². The van der Waals surface area contributed by atoms with E-state index in [1.54, 1.807) is 0 Å². The van der Waals surface area contributed by atoms with Crippen molar-refractivity contribution in [2.75, 3.05) is 13.1 Å². The zero-order chi connectivity index (χ0) is 14.8. The van der Waals surface area contributed by atoms with Crippen LogP contribution in [0.15, 0.2) is 18.2 Å². The Hall–Kier alpha value is -0.860. The fourth-order valence-electron chi connectivity index (χ4n) is 3.01. The van der Waals surface area contributed by atoms with Crippen LogP contribution >= 0.6 is 0 Å². The second-order valence-corrected chi connectivity index (χ2v) is 7.17. The minimum absolute atomic E-state index is 0.318. The molecule has 112 valence electrons. The lowest BCUT2D eigenvalue weighted by Gasteiger charge is -2.41. The molecule has 1 saturated heterocycles. The lowest BCUT2D eigenvalue weighted by molar-refractivity contribution is 0.0960. The molecule has 0 amide bonds. The lowest BCUT2D eigenvalue weighted by Crippen LogP contribution is -2.49. The molecule has 2 rings (SSSR count). The average molecular weight is 274 g/mol. The summed E-state index contributed by atoms with van der Waals surface area (Å²) < 4.78 is 0. The van der Waals surface area contributed by atoms with E-state index >= 15 is 0 Å². The van der Waals surface area contributed by atoms with Gasteiger partial charge in [-0.05, 0) is 64.2 Å². The fourth-order valence-corrected chi connectivity index (χ4v) is 3.01. The molecule has 0 unspecified atom stereocenters. The molecule has 0 atom stereocenters. The minimum Gasteiger partial charge on any atom is -0.310 e. The fraction of sp³-hybridized carbons (Fsp3) is 0.667. The number of nitrogens with one attached hydrogen (secondary N) is 1. The van der Waals surface area contributed by atoms with Crippen molar-refractivity contribution in [3.05, 3.63) is 34.9 Å². The first-order valence-electron chi connectivity index (χ1n) is 7.91. The van der Waals surface area contributed by atoms with Gasteiger partial charge in [-0.25, -0.2) is 0 Å². The number of nitrogens with zero attached hydrogens (tertiary/aromatic N) is 1. The van der Waals surface area contributed by atoms with Gasteiger partial charge in [0.1, 0.15) is 0 Å². The number of hydrogen-bond acceptors (Lipinski definition) is 2. The van der Waals surface area contributed by atoms with Crippen molar-refractivity contribution >= 4 is 0 Å². The molecule has 2 nitrogen and oxygen atoms in total. The van der Waals surface area contributed by atoms with Crippen molar-refractivity contribution in [2.45, 2.75) is 65.6 Å². The van der Waals surface area contributed by atoms with Crippen LogP contribution in [0.2, 0.25) is 0 Å². The van der Waals surface area contributed by atoms with Gasteiger partial charge in [-0.2, -0.15) is 0 Å². The molecular formula is C18H30N2. The summed E-state index contributed by atoms with van der Waals surface area (Å²) in [6.07, 6.45) is 2.53. The lowest BCUT2D eigenvalue weighted by atomic mass is 9.97. The molecule has 1 aromatic carbocycles. The Labute approximate surface area is 124 Å². The summed E-state index contributed by atoms with van der Waals surface area (Å²) in [5.41, 5.74) is 4.60. The van der Waals surface area contributed by atoms with Gasteiger partial charge < -0.3 is 5.32 Å². The third-order valence-electron chi connectivity index (χ3n) is 4.74. The Balaban J connectivity index is 1.83. The van der Waals surface area contributed by atoms with Gasteiger partial charge in [-0.3, -0.25) is 4.90 Å². The highest BCUT2D eigenvalue weighted by Crippen LogP contribution is 2.20. The predicted molar refractivity (Wildman–Crippen MR) is 87.1 cm³/mol. The topological polar surface area (TPSA) is 15.3 Å². The maximum absolute atomic E-state index is 3.75. The van der Waals surface area contributed by atoms with Crippen molar-refractivity contribution in [2.24, 2.45) is 0 Å². The molecule has 0 aromatic heterocycles. The molecule has 0 radical (unpaired) electrons. The number of likely N-dealkylation sites (tertiary alicyclic amines) is 1. The molecule has 1 aliphatic heterocycles. The van der Waals surface area contributed by atoms with Gasteiger partial charge in [0.25, 0.3) is 0 Å². The normalized spacial score (nSPS) is 18.4. The number of piperidine rings is 1. The molecule has 1 aliphatic rings. The van der Waals surface area contributed by atoms with E-state index in [9.17, 15) is 0 Å². The van der Waals surface area contributed by atoms with Gasteiger partial charge in [0.05, 0.1) is 0 Å². The van der Waals surface area contributed by atoms with Gasteiger partial charge >= 0.3 is 0 Å². The predicted octanol–water partition coefficient (Wildman–Crippen LogP) is 3.66. The first kappa shape index (κ1) is 15.5. The summed E-state index contributed by atoms with van der Waals surface area (Å²) in [5, 5.41) is 3.75. The Morgan fingerprint density at radius 3 is 2.40 bits per heavy atom. The number of rotatable bonds is 3. The summed E-state index contributed by atoms with van der Waals surface area (Å²) in [6, 6.07) is 7.29. The number of aryl methyl sites for hydroxylation is 1.